The Morgan fingerprint density at radius 1 is 0.300 bits per heavy atom. The summed E-state index contributed by atoms with van der Waals surface area (Å²) in [5.41, 5.74) is 0. The molecule has 0 saturated heterocycles. The van der Waals surface area contributed by atoms with Crippen molar-refractivity contribution in [3.8, 4) is 0 Å². The molecule has 0 aliphatic rings. The Morgan fingerprint density at radius 2 is 0.522 bits per heavy atom. The molecule has 2 atom stereocenters. The first kappa shape index (κ1) is 88.6. The summed E-state index contributed by atoms with van der Waals surface area (Å²) in [5.74, 6) is -0.00197. The van der Waals surface area contributed by atoms with Gasteiger partial charge in [0.1, 0.15) is 0 Å². The summed E-state index contributed by atoms with van der Waals surface area (Å²) in [6.07, 6.45) is 102. The van der Waals surface area contributed by atoms with Crippen molar-refractivity contribution in [3.05, 3.63) is 12.2 Å². The average molecular weight is 1270 g/mol. The minimum atomic E-state index is -0.660. The third kappa shape index (κ3) is 75.6. The molecular formula is C84H165NO5. The maximum Gasteiger partial charge on any atom is 0.305 e. The zero-order valence-electron chi connectivity index (χ0n) is 61.7. The van der Waals surface area contributed by atoms with Crippen LogP contribution in [0.4, 0.5) is 0 Å². The van der Waals surface area contributed by atoms with Crippen LogP contribution < -0.4 is 5.32 Å². The number of hydrogen-bond acceptors (Lipinski definition) is 5. The van der Waals surface area contributed by atoms with E-state index in [4.69, 9.17) is 4.74 Å². The van der Waals surface area contributed by atoms with Gasteiger partial charge in [-0.2, -0.15) is 0 Å². The minimum absolute atomic E-state index is 0.0220. The van der Waals surface area contributed by atoms with Gasteiger partial charge in [0.2, 0.25) is 5.91 Å². The average Bonchev–Trinajstić information content (AvgIpc) is 3.69. The molecule has 0 aliphatic heterocycles. The van der Waals surface area contributed by atoms with Gasteiger partial charge in [0.05, 0.1) is 25.4 Å². The Labute approximate surface area is 565 Å². The molecule has 0 bridgehead atoms. The van der Waals surface area contributed by atoms with Gasteiger partial charge >= 0.3 is 5.97 Å². The first-order valence-corrected chi connectivity index (χ1v) is 41.9. The number of carbonyl (C=O) groups excluding carboxylic acids is 2. The van der Waals surface area contributed by atoms with Gasteiger partial charge in [0.25, 0.3) is 0 Å². The van der Waals surface area contributed by atoms with E-state index in [0.717, 1.165) is 38.5 Å². The zero-order valence-corrected chi connectivity index (χ0v) is 61.7. The predicted octanol–water partition coefficient (Wildman–Crippen LogP) is 27.8. The van der Waals surface area contributed by atoms with Gasteiger partial charge < -0.3 is 20.3 Å². The highest BCUT2D eigenvalue weighted by Crippen LogP contribution is 2.21. The molecule has 0 spiro atoms. The highest BCUT2D eigenvalue weighted by atomic mass is 16.5. The molecule has 6 nitrogen and oxygen atoms in total. The lowest BCUT2D eigenvalue weighted by Crippen LogP contribution is -2.45. The van der Waals surface area contributed by atoms with Gasteiger partial charge in [-0.3, -0.25) is 9.59 Å². The smallest absolute Gasteiger partial charge is 0.305 e. The molecule has 0 aromatic carbocycles. The molecule has 0 heterocycles. The number of aliphatic hydroxyl groups is 2. The van der Waals surface area contributed by atoms with Crippen LogP contribution in [0.15, 0.2) is 12.2 Å². The second-order valence-electron chi connectivity index (χ2n) is 29.2. The standard InChI is InChI=1S/C84H165NO5/c1-3-5-7-9-11-13-15-17-19-44-48-52-56-60-64-68-72-76-82(87)81(80-86)85-83(88)77-73-69-65-61-57-53-49-46-42-40-38-36-34-32-30-28-26-24-22-21-23-25-27-29-31-33-35-37-39-41-43-47-51-55-59-63-67-71-75-79-90-84(89)78-74-70-66-62-58-54-50-45-20-18-16-14-12-10-8-6-4-2/h18,20,81-82,86-87H,3-17,19,21-80H2,1-2H3,(H,85,88)/b20-18-. The van der Waals surface area contributed by atoms with Crippen molar-refractivity contribution in [2.24, 2.45) is 0 Å². The number of hydrogen-bond donors (Lipinski definition) is 3. The van der Waals surface area contributed by atoms with Crippen molar-refractivity contribution in [1.82, 2.24) is 5.32 Å². The molecule has 0 fully saturated rings. The van der Waals surface area contributed by atoms with E-state index in [1.165, 1.54) is 417 Å². The number of carbonyl (C=O) groups is 2. The molecule has 90 heavy (non-hydrogen) atoms. The molecule has 536 valence electrons. The third-order valence-corrected chi connectivity index (χ3v) is 20.1. The van der Waals surface area contributed by atoms with Gasteiger partial charge in [0, 0.05) is 12.8 Å². The van der Waals surface area contributed by atoms with Crippen molar-refractivity contribution >= 4 is 11.9 Å². The van der Waals surface area contributed by atoms with Crippen LogP contribution in [0.2, 0.25) is 0 Å². The van der Waals surface area contributed by atoms with Gasteiger partial charge in [-0.1, -0.05) is 437 Å². The van der Waals surface area contributed by atoms with Crippen LogP contribution >= 0.6 is 0 Å². The number of allylic oxidation sites excluding steroid dienone is 2. The van der Waals surface area contributed by atoms with E-state index in [9.17, 15) is 19.8 Å². The maximum absolute atomic E-state index is 12.5. The second kappa shape index (κ2) is 80.0. The summed E-state index contributed by atoms with van der Waals surface area (Å²) >= 11 is 0. The molecule has 1 amide bonds. The van der Waals surface area contributed by atoms with Crippen LogP contribution in [0.5, 0.6) is 0 Å². The molecule has 3 N–H and O–H groups in total. The Kier molecular flexibility index (Phi) is 78.8. The summed E-state index contributed by atoms with van der Waals surface area (Å²) in [6.45, 7) is 5.01. The molecule has 0 aromatic rings. The number of ether oxygens (including phenoxy) is 1. The molecule has 0 aliphatic carbocycles. The molecule has 0 rings (SSSR count). The van der Waals surface area contributed by atoms with Gasteiger partial charge in [0.15, 0.2) is 0 Å². The van der Waals surface area contributed by atoms with Crippen LogP contribution in [0.1, 0.15) is 489 Å². The quantitative estimate of drug-likeness (QED) is 0.0320. The topological polar surface area (TPSA) is 95.9 Å². The molecule has 2 unspecified atom stereocenters. The minimum Gasteiger partial charge on any atom is -0.466 e. The van der Waals surface area contributed by atoms with Gasteiger partial charge in [-0.25, -0.2) is 0 Å². The normalized spacial score (nSPS) is 12.4. The highest BCUT2D eigenvalue weighted by molar-refractivity contribution is 5.76. The summed E-state index contributed by atoms with van der Waals surface area (Å²) < 4.78 is 5.51. The van der Waals surface area contributed by atoms with Gasteiger partial charge in [-0.05, 0) is 51.4 Å². The fraction of sp³-hybridized carbons (Fsp3) is 0.952. The van der Waals surface area contributed by atoms with Crippen LogP contribution in [0, 0.1) is 0 Å². The van der Waals surface area contributed by atoms with E-state index in [-0.39, 0.29) is 18.5 Å². The summed E-state index contributed by atoms with van der Waals surface area (Å²) in [6, 6.07) is -0.536. The first-order chi connectivity index (χ1) is 44.5. The number of aliphatic hydroxyl groups excluding tert-OH is 2. The van der Waals surface area contributed by atoms with E-state index < -0.39 is 12.1 Å². The van der Waals surface area contributed by atoms with Crippen molar-refractivity contribution < 1.29 is 24.5 Å². The fourth-order valence-corrected chi connectivity index (χ4v) is 13.7. The van der Waals surface area contributed by atoms with Crippen molar-refractivity contribution in [3.63, 3.8) is 0 Å². The number of esters is 1. The largest absolute Gasteiger partial charge is 0.466 e. The molecule has 6 heteroatoms. The molecule has 0 radical (unpaired) electrons. The van der Waals surface area contributed by atoms with E-state index in [2.05, 4.69) is 31.3 Å². The number of rotatable bonds is 80. The Hall–Kier alpha value is -1.40. The summed E-state index contributed by atoms with van der Waals surface area (Å²) in [4.78, 5) is 24.7. The zero-order chi connectivity index (χ0) is 64.9. The van der Waals surface area contributed by atoms with E-state index >= 15 is 0 Å². The fourth-order valence-electron chi connectivity index (χ4n) is 13.7. The second-order valence-corrected chi connectivity index (χ2v) is 29.2. The van der Waals surface area contributed by atoms with Crippen molar-refractivity contribution in [1.29, 1.82) is 0 Å². The van der Waals surface area contributed by atoms with Crippen molar-refractivity contribution in [2.75, 3.05) is 13.2 Å². The van der Waals surface area contributed by atoms with E-state index in [1.807, 2.05) is 0 Å². The SMILES string of the molecule is CCCCCCCC/C=C\CCCCCCCCCC(=O)OCCCCCCCCCCCCCCCCCCCCCCCCCCCCCCCCCCCCCCCCCC(=O)NC(CO)C(O)CCCCCCCCCCCCCCCCCCC. The number of nitrogens with one attached hydrogen (secondary N) is 1. The Bertz CT molecular complexity index is 1370. The van der Waals surface area contributed by atoms with Crippen LogP contribution in [0.3, 0.4) is 0 Å². The molecular weight excluding hydrogens is 1100 g/mol. The lowest BCUT2D eigenvalue weighted by atomic mass is 10.0. The van der Waals surface area contributed by atoms with Gasteiger partial charge in [-0.15, -0.1) is 0 Å². The maximum atomic E-state index is 12.5. The molecule has 0 aromatic heterocycles. The van der Waals surface area contributed by atoms with Crippen LogP contribution in [-0.2, 0) is 14.3 Å². The monoisotopic (exact) mass is 1270 g/mol. The van der Waals surface area contributed by atoms with Crippen LogP contribution in [-0.4, -0.2) is 47.4 Å². The Balaban J connectivity index is 3.28. The number of unbranched alkanes of at least 4 members (excludes halogenated alkanes) is 67. The summed E-state index contributed by atoms with van der Waals surface area (Å²) in [5, 5.41) is 23.4. The van der Waals surface area contributed by atoms with Crippen LogP contribution in [0.25, 0.3) is 0 Å². The van der Waals surface area contributed by atoms with E-state index in [1.54, 1.807) is 0 Å². The van der Waals surface area contributed by atoms with E-state index in [0.29, 0.717) is 25.9 Å². The Morgan fingerprint density at radius 3 is 0.789 bits per heavy atom. The lowest BCUT2D eigenvalue weighted by Gasteiger charge is -2.22. The lowest BCUT2D eigenvalue weighted by molar-refractivity contribution is -0.143. The van der Waals surface area contributed by atoms with Crippen molar-refractivity contribution in [2.45, 2.75) is 501 Å². The summed E-state index contributed by atoms with van der Waals surface area (Å²) in [7, 11) is 0. The number of amides is 1. The highest BCUT2D eigenvalue weighted by Gasteiger charge is 2.20. The molecule has 0 saturated carbocycles. The predicted molar refractivity (Wildman–Crippen MR) is 398 cm³/mol. The first-order valence-electron chi connectivity index (χ1n) is 41.9. The third-order valence-electron chi connectivity index (χ3n) is 20.1.